The van der Waals surface area contributed by atoms with Crippen LogP contribution in [-0.2, 0) is 29.9 Å². The van der Waals surface area contributed by atoms with E-state index in [0.29, 0.717) is 6.73 Å². The van der Waals surface area contributed by atoms with Gasteiger partial charge in [-0.15, -0.1) is 0 Å². The third kappa shape index (κ3) is 3.46. The van der Waals surface area contributed by atoms with Gasteiger partial charge >= 0.3 is 0 Å². The van der Waals surface area contributed by atoms with Gasteiger partial charge in [0.2, 0.25) is 0 Å². The summed E-state index contributed by atoms with van der Waals surface area (Å²) in [5.74, 6) is 0. The maximum absolute atomic E-state index is 10.6. The van der Waals surface area contributed by atoms with E-state index in [9.17, 15) is 5.11 Å². The van der Waals surface area contributed by atoms with Gasteiger partial charge in [-0.1, -0.05) is 37.8 Å². The summed E-state index contributed by atoms with van der Waals surface area (Å²) in [6, 6.07) is 7.51. The van der Waals surface area contributed by atoms with Gasteiger partial charge in [-0.25, -0.2) is 0 Å². The number of benzene rings is 1. The van der Waals surface area contributed by atoms with Crippen molar-refractivity contribution < 1.29 is 9.84 Å². The molecule has 2 aromatic rings. The summed E-state index contributed by atoms with van der Waals surface area (Å²) < 4.78 is 8.40. The van der Waals surface area contributed by atoms with Crippen molar-refractivity contribution in [3.05, 3.63) is 35.0 Å². The average Bonchev–Trinajstić information content (AvgIpc) is 3.03. The third-order valence-corrected chi connectivity index (χ3v) is 6.73. The standard InChI is InChI=1S/C20H31NO2Si/c1-20(2,22)17-10-6-9-16-15-8-7-11-18(15)21(19(16)17)14-23-12-13-24(3,4)5/h6,9-10,22H,7-8,11-14H2,1-5H3. The predicted molar refractivity (Wildman–Crippen MR) is 103 cm³/mol. The van der Waals surface area contributed by atoms with Gasteiger partial charge in [0.25, 0.3) is 0 Å². The molecular weight excluding hydrogens is 314 g/mol. The minimum absolute atomic E-state index is 0.601. The molecule has 0 saturated carbocycles. The molecule has 0 saturated heterocycles. The Morgan fingerprint density at radius 1 is 1.21 bits per heavy atom. The van der Waals surface area contributed by atoms with Gasteiger partial charge in [0.05, 0.1) is 11.1 Å². The molecule has 1 aromatic heterocycles. The molecule has 24 heavy (non-hydrogen) atoms. The van der Waals surface area contributed by atoms with Crippen LogP contribution in [0.5, 0.6) is 0 Å². The molecule has 1 heterocycles. The molecular formula is C20H31NO2Si. The topological polar surface area (TPSA) is 34.4 Å². The number of rotatable bonds is 6. The smallest absolute Gasteiger partial charge is 0.123 e. The second-order valence-corrected chi connectivity index (χ2v) is 14.4. The highest BCUT2D eigenvalue weighted by atomic mass is 28.3. The van der Waals surface area contributed by atoms with E-state index in [1.165, 1.54) is 34.6 Å². The number of ether oxygens (including phenoxy) is 1. The average molecular weight is 346 g/mol. The molecule has 132 valence electrons. The molecule has 1 aromatic carbocycles. The lowest BCUT2D eigenvalue weighted by atomic mass is 9.95. The number of para-hydroxylation sites is 1. The number of aromatic nitrogens is 1. The van der Waals surface area contributed by atoms with E-state index in [2.05, 4.69) is 42.4 Å². The molecule has 0 spiro atoms. The zero-order valence-corrected chi connectivity index (χ0v) is 16.8. The van der Waals surface area contributed by atoms with Crippen LogP contribution >= 0.6 is 0 Å². The molecule has 0 amide bonds. The van der Waals surface area contributed by atoms with Crippen LogP contribution < -0.4 is 0 Å². The lowest BCUT2D eigenvalue weighted by molar-refractivity contribution is 0.0760. The van der Waals surface area contributed by atoms with Crippen LogP contribution in [0.4, 0.5) is 0 Å². The van der Waals surface area contributed by atoms with Crippen LogP contribution in [0.2, 0.25) is 25.7 Å². The van der Waals surface area contributed by atoms with Crippen molar-refractivity contribution in [2.75, 3.05) is 6.61 Å². The summed E-state index contributed by atoms with van der Waals surface area (Å²) in [6.07, 6.45) is 3.48. The highest BCUT2D eigenvalue weighted by Gasteiger charge is 2.27. The molecule has 0 atom stereocenters. The van der Waals surface area contributed by atoms with Crippen LogP contribution in [-0.4, -0.2) is 24.4 Å². The summed E-state index contributed by atoms with van der Waals surface area (Å²) >= 11 is 0. The fourth-order valence-corrected chi connectivity index (χ4v) is 4.46. The van der Waals surface area contributed by atoms with Gasteiger partial charge < -0.3 is 14.4 Å². The fraction of sp³-hybridized carbons (Fsp3) is 0.600. The highest BCUT2D eigenvalue weighted by molar-refractivity contribution is 6.76. The van der Waals surface area contributed by atoms with E-state index in [1.54, 1.807) is 0 Å². The van der Waals surface area contributed by atoms with Crippen molar-refractivity contribution in [2.24, 2.45) is 0 Å². The predicted octanol–water partition coefficient (Wildman–Crippen LogP) is 4.67. The van der Waals surface area contributed by atoms with Gasteiger partial charge in [-0.3, -0.25) is 0 Å². The summed E-state index contributed by atoms with van der Waals surface area (Å²) in [6.45, 7) is 12.3. The Morgan fingerprint density at radius 2 is 1.96 bits per heavy atom. The zero-order chi connectivity index (χ0) is 17.5. The highest BCUT2D eigenvalue weighted by Crippen LogP contribution is 2.37. The van der Waals surface area contributed by atoms with Crippen molar-refractivity contribution in [2.45, 2.75) is 71.1 Å². The normalized spacial score (nSPS) is 15.2. The van der Waals surface area contributed by atoms with E-state index < -0.39 is 13.7 Å². The second kappa shape index (κ2) is 6.32. The molecule has 0 fully saturated rings. The van der Waals surface area contributed by atoms with E-state index in [4.69, 9.17) is 4.74 Å². The maximum atomic E-state index is 10.6. The molecule has 4 heteroatoms. The molecule has 0 aliphatic heterocycles. The molecule has 0 unspecified atom stereocenters. The Bertz CT molecular complexity index is 735. The van der Waals surface area contributed by atoms with Gasteiger partial charge in [-0.05, 0) is 44.7 Å². The fourth-order valence-electron chi connectivity index (χ4n) is 3.70. The Balaban J connectivity index is 1.97. The van der Waals surface area contributed by atoms with Gasteiger partial charge in [0.1, 0.15) is 6.73 Å². The third-order valence-electron chi connectivity index (χ3n) is 5.02. The molecule has 1 N–H and O–H groups in total. The van der Waals surface area contributed by atoms with Gasteiger partial charge in [0, 0.05) is 31.3 Å². The largest absolute Gasteiger partial charge is 0.386 e. The number of hydrogen-bond donors (Lipinski definition) is 1. The van der Waals surface area contributed by atoms with E-state index >= 15 is 0 Å². The summed E-state index contributed by atoms with van der Waals surface area (Å²) in [5.41, 5.74) is 4.20. The summed E-state index contributed by atoms with van der Waals surface area (Å²) in [5, 5.41) is 11.9. The minimum atomic E-state index is -1.07. The molecule has 0 bridgehead atoms. The van der Waals surface area contributed by atoms with Crippen molar-refractivity contribution in [3.8, 4) is 0 Å². The zero-order valence-electron chi connectivity index (χ0n) is 15.8. The van der Waals surface area contributed by atoms with E-state index in [1.807, 2.05) is 13.8 Å². The van der Waals surface area contributed by atoms with Crippen molar-refractivity contribution in [1.29, 1.82) is 0 Å². The Hall–Kier alpha value is -1.10. The van der Waals surface area contributed by atoms with Crippen LogP contribution in [0.15, 0.2) is 18.2 Å². The van der Waals surface area contributed by atoms with Gasteiger partial charge in [-0.2, -0.15) is 0 Å². The first-order valence-corrected chi connectivity index (χ1v) is 12.8. The van der Waals surface area contributed by atoms with E-state index in [0.717, 1.165) is 25.0 Å². The number of hydrogen-bond acceptors (Lipinski definition) is 2. The lowest BCUT2D eigenvalue weighted by Gasteiger charge is -2.22. The molecule has 3 rings (SSSR count). The van der Waals surface area contributed by atoms with Crippen molar-refractivity contribution >= 4 is 19.0 Å². The number of aliphatic hydroxyl groups is 1. The quantitative estimate of drug-likeness (QED) is 0.610. The molecule has 1 aliphatic carbocycles. The first kappa shape index (κ1) is 17.7. The minimum Gasteiger partial charge on any atom is -0.386 e. The monoisotopic (exact) mass is 345 g/mol. The van der Waals surface area contributed by atoms with Crippen LogP contribution in [0.1, 0.15) is 37.1 Å². The van der Waals surface area contributed by atoms with Crippen LogP contribution in [0.3, 0.4) is 0 Å². The SMILES string of the molecule is CC(C)(O)c1cccc2c3c(n(COCC[Si](C)(C)C)c12)CCC3. The maximum Gasteiger partial charge on any atom is 0.123 e. The number of nitrogens with zero attached hydrogens (tertiary/aromatic N) is 1. The van der Waals surface area contributed by atoms with Crippen LogP contribution in [0, 0.1) is 0 Å². The number of fused-ring (bicyclic) bond motifs is 3. The molecule has 0 radical (unpaired) electrons. The Kier molecular flexibility index (Phi) is 4.66. The molecule has 1 aliphatic rings. The molecule has 3 nitrogen and oxygen atoms in total. The van der Waals surface area contributed by atoms with Gasteiger partial charge in [0.15, 0.2) is 0 Å². The number of aryl methyl sites for hydroxylation is 1. The van der Waals surface area contributed by atoms with E-state index in [-0.39, 0.29) is 0 Å². The van der Waals surface area contributed by atoms with Crippen molar-refractivity contribution in [1.82, 2.24) is 4.57 Å². The first-order chi connectivity index (χ1) is 11.2. The summed E-state index contributed by atoms with van der Waals surface area (Å²) in [4.78, 5) is 0. The van der Waals surface area contributed by atoms with Crippen molar-refractivity contribution in [3.63, 3.8) is 0 Å². The summed E-state index contributed by atoms with van der Waals surface area (Å²) in [7, 11) is -1.07. The Labute approximate surface area is 146 Å². The second-order valence-electron chi connectivity index (χ2n) is 8.82. The lowest BCUT2D eigenvalue weighted by Crippen LogP contribution is -2.22. The Morgan fingerprint density at radius 3 is 2.62 bits per heavy atom. The van der Waals surface area contributed by atoms with Crippen LogP contribution in [0.25, 0.3) is 10.9 Å². The first-order valence-electron chi connectivity index (χ1n) is 9.12.